The number of para-hydroxylation sites is 1. The predicted molar refractivity (Wildman–Crippen MR) is 82.5 cm³/mol. The first-order valence-electron chi connectivity index (χ1n) is 6.50. The summed E-state index contributed by atoms with van der Waals surface area (Å²) < 4.78 is 14.9. The minimum Gasteiger partial charge on any atom is -0.496 e. The normalized spacial score (nSPS) is 11.1. The monoisotopic (exact) mass is 302 g/mol. The molecule has 1 rings (SSSR count). The molecule has 0 amide bonds. The number of carbonyl (C=O) groups is 2. The van der Waals surface area contributed by atoms with E-state index in [-0.39, 0.29) is 16.9 Å². The Morgan fingerprint density at radius 3 is 2.45 bits per heavy atom. The largest absolute Gasteiger partial charge is 0.496 e. The van der Waals surface area contributed by atoms with E-state index in [0.29, 0.717) is 5.75 Å². The third kappa shape index (κ3) is 4.34. The quantitative estimate of drug-likeness (QED) is 0.350. The lowest BCUT2D eigenvalue weighted by molar-refractivity contribution is -0.136. The van der Waals surface area contributed by atoms with Crippen LogP contribution in [0.3, 0.4) is 0 Å². The van der Waals surface area contributed by atoms with Crippen molar-refractivity contribution in [3.05, 3.63) is 66.0 Å². The Bertz CT molecular complexity index is 626. The molecular formula is C17H18O5. The number of hydrogen-bond acceptors (Lipinski definition) is 5. The maximum absolute atomic E-state index is 12.2. The molecule has 0 bridgehead atoms. The van der Waals surface area contributed by atoms with E-state index < -0.39 is 11.9 Å². The molecule has 0 atom stereocenters. The van der Waals surface area contributed by atoms with Gasteiger partial charge in [-0.1, -0.05) is 30.9 Å². The highest BCUT2D eigenvalue weighted by atomic mass is 16.5. The van der Waals surface area contributed by atoms with Gasteiger partial charge in [0.25, 0.3) is 0 Å². The standard InChI is InChI=1S/C17H18O5/c1-5-6-9-13(16(18)21-4)12(2)22-17(19)14-10-7-8-11-15(14)20-3/h5-11H,2H2,1,3-4H3/b6-5-,13-9+. The number of carbonyl (C=O) groups excluding carboxylic acids is 2. The van der Waals surface area contributed by atoms with Crippen LogP contribution in [0.5, 0.6) is 5.75 Å². The lowest BCUT2D eigenvalue weighted by Gasteiger charge is -2.11. The van der Waals surface area contributed by atoms with Crippen molar-refractivity contribution in [3.8, 4) is 5.75 Å². The zero-order chi connectivity index (χ0) is 16.5. The predicted octanol–water partition coefficient (Wildman–Crippen LogP) is 3.04. The van der Waals surface area contributed by atoms with Crippen molar-refractivity contribution in [3.63, 3.8) is 0 Å². The van der Waals surface area contributed by atoms with Crippen LogP contribution in [-0.2, 0) is 14.3 Å². The lowest BCUT2D eigenvalue weighted by atomic mass is 10.2. The summed E-state index contributed by atoms with van der Waals surface area (Å²) in [4.78, 5) is 23.9. The van der Waals surface area contributed by atoms with Crippen LogP contribution in [0.2, 0.25) is 0 Å². The van der Waals surface area contributed by atoms with Gasteiger partial charge in [-0.05, 0) is 25.1 Å². The van der Waals surface area contributed by atoms with E-state index in [1.807, 2.05) is 0 Å². The van der Waals surface area contributed by atoms with Gasteiger partial charge in [-0.15, -0.1) is 0 Å². The molecule has 0 spiro atoms. The van der Waals surface area contributed by atoms with E-state index in [1.54, 1.807) is 43.3 Å². The van der Waals surface area contributed by atoms with E-state index in [1.165, 1.54) is 20.3 Å². The molecule has 0 heterocycles. The zero-order valence-corrected chi connectivity index (χ0v) is 12.8. The number of allylic oxidation sites excluding steroid dienone is 3. The van der Waals surface area contributed by atoms with Gasteiger partial charge in [-0.25, -0.2) is 9.59 Å². The zero-order valence-electron chi connectivity index (χ0n) is 12.8. The molecule has 0 aromatic heterocycles. The van der Waals surface area contributed by atoms with Crippen molar-refractivity contribution in [1.82, 2.24) is 0 Å². The molecule has 0 unspecified atom stereocenters. The van der Waals surface area contributed by atoms with Crippen LogP contribution in [0.15, 0.2) is 60.4 Å². The fourth-order valence-electron chi connectivity index (χ4n) is 1.61. The summed E-state index contributed by atoms with van der Waals surface area (Å²) in [7, 11) is 2.69. The molecule has 0 aliphatic rings. The van der Waals surface area contributed by atoms with E-state index in [0.717, 1.165) is 0 Å². The maximum atomic E-state index is 12.2. The average molecular weight is 302 g/mol. The summed E-state index contributed by atoms with van der Waals surface area (Å²) >= 11 is 0. The van der Waals surface area contributed by atoms with Gasteiger partial charge in [-0.3, -0.25) is 0 Å². The number of esters is 2. The third-order valence-electron chi connectivity index (χ3n) is 2.70. The Morgan fingerprint density at radius 1 is 1.18 bits per heavy atom. The Kier molecular flexibility index (Phi) is 6.63. The highest BCUT2D eigenvalue weighted by Gasteiger charge is 2.20. The van der Waals surface area contributed by atoms with Crippen LogP contribution >= 0.6 is 0 Å². The highest BCUT2D eigenvalue weighted by Crippen LogP contribution is 2.21. The Hall–Kier alpha value is -2.82. The lowest BCUT2D eigenvalue weighted by Crippen LogP contribution is -2.13. The molecule has 0 saturated carbocycles. The van der Waals surface area contributed by atoms with Crippen molar-refractivity contribution in [2.24, 2.45) is 0 Å². The number of ether oxygens (including phenoxy) is 3. The van der Waals surface area contributed by atoms with Gasteiger partial charge in [0.2, 0.25) is 0 Å². The second kappa shape index (κ2) is 8.46. The molecule has 1 aromatic carbocycles. The van der Waals surface area contributed by atoms with Crippen LogP contribution in [-0.4, -0.2) is 26.2 Å². The maximum Gasteiger partial charge on any atom is 0.347 e. The van der Waals surface area contributed by atoms with E-state index in [2.05, 4.69) is 11.3 Å². The highest BCUT2D eigenvalue weighted by molar-refractivity contribution is 5.97. The molecule has 0 radical (unpaired) electrons. The van der Waals surface area contributed by atoms with E-state index in [4.69, 9.17) is 9.47 Å². The first kappa shape index (κ1) is 17.2. The van der Waals surface area contributed by atoms with Crippen LogP contribution in [0.1, 0.15) is 17.3 Å². The molecule has 0 aliphatic carbocycles. The van der Waals surface area contributed by atoms with Crippen LogP contribution in [0.25, 0.3) is 0 Å². The molecule has 5 heteroatoms. The summed E-state index contributed by atoms with van der Waals surface area (Å²) in [5.74, 6) is -1.04. The molecule has 22 heavy (non-hydrogen) atoms. The van der Waals surface area contributed by atoms with Gasteiger partial charge in [0.1, 0.15) is 22.6 Å². The fourth-order valence-corrected chi connectivity index (χ4v) is 1.61. The summed E-state index contributed by atoms with van der Waals surface area (Å²) in [5.41, 5.74) is 0.297. The van der Waals surface area contributed by atoms with Crippen LogP contribution < -0.4 is 4.74 Å². The molecule has 0 aliphatic heterocycles. The summed E-state index contributed by atoms with van der Waals surface area (Å²) in [6.07, 6.45) is 4.80. The smallest absolute Gasteiger partial charge is 0.347 e. The van der Waals surface area contributed by atoms with Gasteiger partial charge < -0.3 is 14.2 Å². The summed E-state index contributed by atoms with van der Waals surface area (Å²) in [6, 6.07) is 6.60. The molecule has 0 saturated heterocycles. The van der Waals surface area contributed by atoms with Crippen molar-refractivity contribution in [2.75, 3.05) is 14.2 Å². The fraction of sp³-hybridized carbons (Fsp3) is 0.176. The topological polar surface area (TPSA) is 61.8 Å². The number of rotatable bonds is 6. The minimum absolute atomic E-state index is 0.0591. The molecule has 116 valence electrons. The Morgan fingerprint density at radius 2 is 1.86 bits per heavy atom. The summed E-state index contributed by atoms with van der Waals surface area (Å²) in [6.45, 7) is 5.40. The molecule has 0 N–H and O–H groups in total. The second-order valence-corrected chi connectivity index (χ2v) is 4.11. The van der Waals surface area contributed by atoms with Gasteiger partial charge >= 0.3 is 11.9 Å². The van der Waals surface area contributed by atoms with Gasteiger partial charge in [0.15, 0.2) is 0 Å². The van der Waals surface area contributed by atoms with E-state index in [9.17, 15) is 9.59 Å². The number of methoxy groups -OCH3 is 2. The number of hydrogen-bond donors (Lipinski definition) is 0. The van der Waals surface area contributed by atoms with Crippen molar-refractivity contribution < 1.29 is 23.8 Å². The van der Waals surface area contributed by atoms with Crippen LogP contribution in [0.4, 0.5) is 0 Å². The minimum atomic E-state index is -0.669. The second-order valence-electron chi connectivity index (χ2n) is 4.11. The van der Waals surface area contributed by atoms with Crippen molar-refractivity contribution >= 4 is 11.9 Å². The van der Waals surface area contributed by atoms with Crippen molar-refractivity contribution in [2.45, 2.75) is 6.92 Å². The number of benzene rings is 1. The molecule has 1 aromatic rings. The molecule has 5 nitrogen and oxygen atoms in total. The third-order valence-corrected chi connectivity index (χ3v) is 2.70. The first-order chi connectivity index (χ1) is 10.5. The van der Waals surface area contributed by atoms with Gasteiger partial charge in [0.05, 0.1) is 14.2 Å². The Labute approximate surface area is 129 Å². The summed E-state index contributed by atoms with van der Waals surface area (Å²) in [5, 5.41) is 0. The molecular weight excluding hydrogens is 284 g/mol. The Balaban J connectivity index is 2.98. The average Bonchev–Trinajstić information content (AvgIpc) is 2.54. The van der Waals surface area contributed by atoms with Gasteiger partial charge in [0, 0.05) is 0 Å². The van der Waals surface area contributed by atoms with Crippen molar-refractivity contribution in [1.29, 1.82) is 0 Å². The molecule has 0 fully saturated rings. The first-order valence-corrected chi connectivity index (χ1v) is 6.50. The SMILES string of the molecule is C=C(OC(=O)c1ccccc1OC)/C(=C\C=C/C)C(=O)OC. The van der Waals surface area contributed by atoms with E-state index >= 15 is 0 Å². The van der Waals surface area contributed by atoms with Crippen LogP contribution in [0, 0.1) is 0 Å². The van der Waals surface area contributed by atoms with Gasteiger partial charge in [-0.2, -0.15) is 0 Å².